The number of hydrogen-bond acceptors (Lipinski definition) is 5. The number of nitrogens with one attached hydrogen (secondary N) is 1. The van der Waals surface area contributed by atoms with E-state index < -0.39 is 0 Å². The summed E-state index contributed by atoms with van der Waals surface area (Å²) in [4.78, 5) is 2.57. The van der Waals surface area contributed by atoms with Crippen molar-refractivity contribution in [3.8, 4) is 17.2 Å². The zero-order chi connectivity index (χ0) is 15.5. The predicted molar refractivity (Wildman–Crippen MR) is 86.0 cm³/mol. The molecule has 0 unspecified atom stereocenters. The molecule has 3 rings (SSSR count). The maximum absolute atomic E-state index is 5.68. The van der Waals surface area contributed by atoms with E-state index in [0.717, 1.165) is 43.4 Å². The SMILES string of the molecule is COc1cc(OC)c([C@@H](C2CC2)N2CCNCC2)c(OC)c1. The summed E-state index contributed by atoms with van der Waals surface area (Å²) in [7, 11) is 5.11. The Morgan fingerprint density at radius 1 is 1.00 bits per heavy atom. The Hall–Kier alpha value is -1.46. The first-order valence-corrected chi connectivity index (χ1v) is 8.03. The normalized spacial score (nSPS) is 20.5. The van der Waals surface area contributed by atoms with Crippen molar-refractivity contribution in [2.24, 2.45) is 5.92 Å². The molecule has 0 bridgehead atoms. The van der Waals surface area contributed by atoms with E-state index in [1.54, 1.807) is 21.3 Å². The number of nitrogens with zero attached hydrogens (tertiary/aromatic N) is 1. The molecule has 1 aromatic rings. The molecule has 1 saturated heterocycles. The maximum atomic E-state index is 5.68. The molecule has 1 aliphatic heterocycles. The first kappa shape index (κ1) is 15.4. The highest BCUT2D eigenvalue weighted by Gasteiger charge is 2.40. The van der Waals surface area contributed by atoms with Crippen LogP contribution in [-0.2, 0) is 0 Å². The van der Waals surface area contributed by atoms with Gasteiger partial charge in [0.05, 0.1) is 26.9 Å². The van der Waals surface area contributed by atoms with Crippen molar-refractivity contribution < 1.29 is 14.2 Å². The molecule has 122 valence electrons. The van der Waals surface area contributed by atoms with Crippen LogP contribution < -0.4 is 19.5 Å². The summed E-state index contributed by atoms with van der Waals surface area (Å²) >= 11 is 0. The van der Waals surface area contributed by atoms with Gasteiger partial charge in [-0.3, -0.25) is 4.90 Å². The van der Waals surface area contributed by atoms with E-state index in [4.69, 9.17) is 14.2 Å². The third-order valence-corrected chi connectivity index (χ3v) is 4.66. The Kier molecular flexibility index (Phi) is 4.74. The summed E-state index contributed by atoms with van der Waals surface area (Å²) in [5, 5.41) is 3.43. The van der Waals surface area contributed by atoms with Gasteiger partial charge < -0.3 is 19.5 Å². The van der Waals surface area contributed by atoms with Crippen LogP contribution in [0.4, 0.5) is 0 Å². The molecule has 1 atom stereocenters. The average molecular weight is 306 g/mol. The molecular formula is C17H26N2O3. The first-order chi connectivity index (χ1) is 10.8. The van der Waals surface area contributed by atoms with Crippen LogP contribution >= 0.6 is 0 Å². The molecule has 0 radical (unpaired) electrons. The maximum Gasteiger partial charge on any atom is 0.131 e. The number of ether oxygens (including phenoxy) is 3. The fraction of sp³-hybridized carbons (Fsp3) is 0.647. The number of methoxy groups -OCH3 is 3. The molecule has 2 aliphatic rings. The van der Waals surface area contributed by atoms with Gasteiger partial charge in [-0.1, -0.05) is 0 Å². The molecule has 1 aromatic carbocycles. The minimum absolute atomic E-state index is 0.373. The van der Waals surface area contributed by atoms with Gasteiger partial charge in [0.1, 0.15) is 17.2 Å². The Balaban J connectivity index is 2.02. The lowest BCUT2D eigenvalue weighted by molar-refractivity contribution is 0.150. The lowest BCUT2D eigenvalue weighted by atomic mass is 9.97. The summed E-state index contributed by atoms with van der Waals surface area (Å²) in [6.07, 6.45) is 2.57. The summed E-state index contributed by atoms with van der Waals surface area (Å²) in [5.74, 6) is 3.21. The van der Waals surface area contributed by atoms with Crippen molar-refractivity contribution in [3.05, 3.63) is 17.7 Å². The molecular weight excluding hydrogens is 280 g/mol. The summed E-state index contributed by atoms with van der Waals surface area (Å²) in [5.41, 5.74) is 1.18. The van der Waals surface area contributed by atoms with E-state index in [9.17, 15) is 0 Å². The lowest BCUT2D eigenvalue weighted by Gasteiger charge is -2.36. The third kappa shape index (κ3) is 3.01. The van der Waals surface area contributed by atoms with Gasteiger partial charge in [-0.2, -0.15) is 0 Å². The van der Waals surface area contributed by atoms with Gasteiger partial charge in [0, 0.05) is 44.4 Å². The zero-order valence-electron chi connectivity index (χ0n) is 13.7. The molecule has 1 saturated carbocycles. The van der Waals surface area contributed by atoms with Crippen molar-refractivity contribution in [1.82, 2.24) is 10.2 Å². The highest BCUT2D eigenvalue weighted by Crippen LogP contribution is 2.51. The van der Waals surface area contributed by atoms with Crippen molar-refractivity contribution in [3.63, 3.8) is 0 Å². The number of benzene rings is 1. The fourth-order valence-corrected chi connectivity index (χ4v) is 3.41. The molecule has 2 fully saturated rings. The van der Waals surface area contributed by atoms with Crippen LogP contribution in [0.25, 0.3) is 0 Å². The molecule has 5 nitrogen and oxygen atoms in total. The van der Waals surface area contributed by atoms with Crippen LogP contribution in [0, 0.1) is 5.92 Å². The van der Waals surface area contributed by atoms with Crippen molar-refractivity contribution in [2.45, 2.75) is 18.9 Å². The minimum atomic E-state index is 0.373. The largest absolute Gasteiger partial charge is 0.496 e. The lowest BCUT2D eigenvalue weighted by Crippen LogP contribution is -2.45. The van der Waals surface area contributed by atoms with E-state index in [2.05, 4.69) is 10.2 Å². The van der Waals surface area contributed by atoms with Crippen molar-refractivity contribution in [1.29, 1.82) is 0 Å². The molecule has 0 amide bonds. The summed E-state index contributed by atoms with van der Waals surface area (Å²) in [6.45, 7) is 4.23. The van der Waals surface area contributed by atoms with Crippen LogP contribution in [0.2, 0.25) is 0 Å². The molecule has 0 aromatic heterocycles. The van der Waals surface area contributed by atoms with E-state index in [1.165, 1.54) is 18.4 Å². The highest BCUT2D eigenvalue weighted by molar-refractivity contribution is 5.53. The number of piperazine rings is 1. The van der Waals surface area contributed by atoms with E-state index in [1.807, 2.05) is 12.1 Å². The van der Waals surface area contributed by atoms with Crippen LogP contribution in [-0.4, -0.2) is 52.4 Å². The Morgan fingerprint density at radius 2 is 1.59 bits per heavy atom. The average Bonchev–Trinajstić information content (AvgIpc) is 3.40. The van der Waals surface area contributed by atoms with Gasteiger partial charge >= 0.3 is 0 Å². The molecule has 1 N–H and O–H groups in total. The Morgan fingerprint density at radius 3 is 2.05 bits per heavy atom. The quantitative estimate of drug-likeness (QED) is 0.871. The Labute approximate surface area is 132 Å². The molecule has 1 heterocycles. The van der Waals surface area contributed by atoms with Gasteiger partial charge in [0.15, 0.2) is 0 Å². The summed E-state index contributed by atoms with van der Waals surface area (Å²) < 4.78 is 16.7. The van der Waals surface area contributed by atoms with Gasteiger partial charge in [-0.05, 0) is 18.8 Å². The number of rotatable bonds is 6. The zero-order valence-corrected chi connectivity index (χ0v) is 13.7. The highest BCUT2D eigenvalue weighted by atomic mass is 16.5. The monoisotopic (exact) mass is 306 g/mol. The predicted octanol–water partition coefficient (Wildman–Crippen LogP) is 2.07. The van der Waals surface area contributed by atoms with Gasteiger partial charge in [-0.15, -0.1) is 0 Å². The van der Waals surface area contributed by atoms with Gasteiger partial charge in [-0.25, -0.2) is 0 Å². The van der Waals surface area contributed by atoms with Crippen molar-refractivity contribution >= 4 is 0 Å². The molecule has 22 heavy (non-hydrogen) atoms. The van der Waals surface area contributed by atoms with Crippen LogP contribution in [0.15, 0.2) is 12.1 Å². The standard InChI is InChI=1S/C17H26N2O3/c1-20-13-10-14(21-2)16(15(11-13)22-3)17(12-4-5-12)19-8-6-18-7-9-19/h10-12,17-18H,4-9H2,1-3H3/t17-/m1/s1. The first-order valence-electron chi connectivity index (χ1n) is 8.03. The Bertz CT molecular complexity index is 486. The van der Waals surface area contributed by atoms with Gasteiger partial charge in [0.25, 0.3) is 0 Å². The van der Waals surface area contributed by atoms with E-state index >= 15 is 0 Å². The summed E-state index contributed by atoms with van der Waals surface area (Å²) in [6, 6.07) is 4.31. The minimum Gasteiger partial charge on any atom is -0.496 e. The number of hydrogen-bond donors (Lipinski definition) is 1. The smallest absolute Gasteiger partial charge is 0.131 e. The van der Waals surface area contributed by atoms with E-state index in [0.29, 0.717) is 12.0 Å². The van der Waals surface area contributed by atoms with Gasteiger partial charge in [0.2, 0.25) is 0 Å². The third-order valence-electron chi connectivity index (χ3n) is 4.66. The van der Waals surface area contributed by atoms with Crippen LogP contribution in [0.5, 0.6) is 17.2 Å². The van der Waals surface area contributed by atoms with Crippen LogP contribution in [0.3, 0.4) is 0 Å². The topological polar surface area (TPSA) is 43.0 Å². The second kappa shape index (κ2) is 6.75. The van der Waals surface area contributed by atoms with E-state index in [-0.39, 0.29) is 0 Å². The second-order valence-corrected chi connectivity index (χ2v) is 6.01. The van der Waals surface area contributed by atoms with Crippen LogP contribution in [0.1, 0.15) is 24.4 Å². The fourth-order valence-electron chi connectivity index (χ4n) is 3.41. The molecule has 0 spiro atoms. The second-order valence-electron chi connectivity index (χ2n) is 6.01. The molecule has 5 heteroatoms. The molecule has 1 aliphatic carbocycles. The van der Waals surface area contributed by atoms with Crippen molar-refractivity contribution in [2.75, 3.05) is 47.5 Å².